The molecule has 3 aromatic rings. The summed E-state index contributed by atoms with van der Waals surface area (Å²) >= 11 is 0.814. The lowest BCUT2D eigenvalue weighted by molar-refractivity contribution is 0.102. The second kappa shape index (κ2) is 9.76. The van der Waals surface area contributed by atoms with Crippen LogP contribution in [0.2, 0.25) is 0 Å². The lowest BCUT2D eigenvalue weighted by Gasteiger charge is -2.28. The van der Waals surface area contributed by atoms with Crippen LogP contribution in [-0.4, -0.2) is 37.6 Å². The highest BCUT2D eigenvalue weighted by Crippen LogP contribution is 2.22. The van der Waals surface area contributed by atoms with Crippen LogP contribution in [0.25, 0.3) is 0 Å². The maximum Gasteiger partial charge on any atom is 0.270 e. The first-order valence-corrected chi connectivity index (χ1v) is 12.8. The molecule has 1 aliphatic rings. The molecule has 1 amide bonds. The van der Waals surface area contributed by atoms with Gasteiger partial charge in [-0.15, -0.1) is 10.2 Å². The molecule has 0 unspecified atom stereocenters. The Morgan fingerprint density at radius 2 is 1.75 bits per heavy atom. The summed E-state index contributed by atoms with van der Waals surface area (Å²) in [5.74, 6) is -0.357. The lowest BCUT2D eigenvalue weighted by Crippen LogP contribution is -2.29. The number of piperidine rings is 1. The number of rotatable bonds is 7. The molecule has 8 nitrogen and oxygen atoms in total. The molecule has 1 saturated heterocycles. The monoisotopic (exact) mass is 471 g/mol. The van der Waals surface area contributed by atoms with Crippen LogP contribution in [0.4, 0.5) is 10.8 Å². The molecule has 2 N–H and O–H groups in total. The molecule has 0 saturated carbocycles. The Hall–Kier alpha value is -2.82. The number of anilines is 2. The Morgan fingerprint density at radius 1 is 1.03 bits per heavy atom. The third-order valence-electron chi connectivity index (χ3n) is 5.37. The van der Waals surface area contributed by atoms with Crippen LogP contribution in [0.1, 0.15) is 40.7 Å². The largest absolute Gasteiger partial charge is 0.372 e. The van der Waals surface area contributed by atoms with Gasteiger partial charge in [0.1, 0.15) is 0 Å². The molecule has 10 heteroatoms. The fourth-order valence-corrected chi connectivity index (χ4v) is 5.53. The molecule has 4 rings (SSSR count). The van der Waals surface area contributed by atoms with Gasteiger partial charge >= 0.3 is 0 Å². The Balaban J connectivity index is 1.36. The van der Waals surface area contributed by atoms with E-state index >= 15 is 0 Å². The molecule has 32 heavy (non-hydrogen) atoms. The summed E-state index contributed by atoms with van der Waals surface area (Å²) in [6.07, 6.45) is 3.69. The minimum Gasteiger partial charge on any atom is -0.372 e. The molecule has 1 aliphatic heterocycles. The smallest absolute Gasteiger partial charge is 0.270 e. The topological polar surface area (TPSA) is 104 Å². The minimum absolute atomic E-state index is 0.129. The van der Waals surface area contributed by atoms with Crippen molar-refractivity contribution in [2.24, 2.45) is 0 Å². The zero-order chi connectivity index (χ0) is 22.6. The third-order valence-corrected chi connectivity index (χ3v) is 7.98. The van der Waals surface area contributed by atoms with E-state index in [1.165, 1.54) is 19.3 Å². The van der Waals surface area contributed by atoms with Gasteiger partial charge < -0.3 is 4.90 Å². The first-order chi connectivity index (χ1) is 15.4. The van der Waals surface area contributed by atoms with Crippen LogP contribution in [-0.2, 0) is 16.6 Å². The van der Waals surface area contributed by atoms with Gasteiger partial charge in [-0.3, -0.25) is 10.1 Å². The van der Waals surface area contributed by atoms with Crippen molar-refractivity contribution in [3.63, 3.8) is 0 Å². The Morgan fingerprint density at radius 3 is 2.47 bits per heavy atom. The number of sulfonamides is 1. The fourth-order valence-electron chi connectivity index (χ4n) is 3.58. The van der Waals surface area contributed by atoms with Crippen LogP contribution >= 0.6 is 11.3 Å². The molecule has 0 bridgehead atoms. The fraction of sp³-hybridized carbons (Fsp3) is 0.318. The van der Waals surface area contributed by atoms with Gasteiger partial charge in [-0.2, -0.15) is 0 Å². The maximum absolute atomic E-state index is 12.6. The van der Waals surface area contributed by atoms with Crippen molar-refractivity contribution < 1.29 is 13.2 Å². The van der Waals surface area contributed by atoms with Crippen LogP contribution in [0.5, 0.6) is 0 Å². The molecule has 168 valence electrons. The molecule has 1 fully saturated rings. The number of hydrogen-bond donors (Lipinski definition) is 2. The summed E-state index contributed by atoms with van der Waals surface area (Å²) in [5, 5.41) is 10.3. The number of hydrogen-bond acceptors (Lipinski definition) is 7. The maximum atomic E-state index is 12.6. The third kappa shape index (κ3) is 5.32. The van der Waals surface area contributed by atoms with Crippen molar-refractivity contribution in [2.45, 2.75) is 37.1 Å². The van der Waals surface area contributed by atoms with Crippen molar-refractivity contribution in [2.75, 3.05) is 23.3 Å². The summed E-state index contributed by atoms with van der Waals surface area (Å²) in [5.41, 5.74) is 3.33. The van der Waals surface area contributed by atoms with E-state index in [2.05, 4.69) is 25.1 Å². The number of nitrogens with zero attached hydrogens (tertiary/aromatic N) is 3. The van der Waals surface area contributed by atoms with Crippen LogP contribution in [0, 0.1) is 6.92 Å². The molecule has 0 aliphatic carbocycles. The van der Waals surface area contributed by atoms with E-state index in [0.29, 0.717) is 5.56 Å². The zero-order valence-corrected chi connectivity index (χ0v) is 19.4. The van der Waals surface area contributed by atoms with E-state index < -0.39 is 10.0 Å². The van der Waals surface area contributed by atoms with E-state index in [9.17, 15) is 13.2 Å². The number of nitrogens with one attached hydrogen (secondary N) is 2. The van der Waals surface area contributed by atoms with E-state index in [4.69, 9.17) is 0 Å². The van der Waals surface area contributed by atoms with E-state index in [0.717, 1.165) is 41.2 Å². The van der Waals surface area contributed by atoms with Gasteiger partial charge in [0.25, 0.3) is 15.9 Å². The van der Waals surface area contributed by atoms with Gasteiger partial charge in [-0.25, -0.2) is 13.1 Å². The number of carbonyl (C=O) groups is 1. The predicted octanol–water partition coefficient (Wildman–Crippen LogP) is 3.57. The molecular weight excluding hydrogens is 446 g/mol. The minimum atomic E-state index is -3.84. The van der Waals surface area contributed by atoms with Gasteiger partial charge in [0, 0.05) is 30.9 Å². The molecular formula is C22H25N5O3S2. The number of aryl methyl sites for hydroxylation is 1. The highest BCUT2D eigenvalue weighted by atomic mass is 32.2. The Labute approximate surface area is 191 Å². The van der Waals surface area contributed by atoms with Crippen LogP contribution < -0.4 is 14.9 Å². The SMILES string of the molecule is Cc1ccccc1C(=O)Nc1nnc(S(=O)(=O)NCc2ccc(N3CCCCC3)cc2)s1. The highest BCUT2D eigenvalue weighted by molar-refractivity contribution is 7.91. The average molecular weight is 472 g/mol. The standard InChI is InChI=1S/C22H25N5O3S2/c1-16-7-3-4-8-19(16)20(28)24-21-25-26-22(31-21)32(29,30)23-15-17-9-11-18(12-10-17)27-13-5-2-6-14-27/h3-4,7-12,23H,2,5-6,13-15H2,1H3,(H,24,25,28). The zero-order valence-electron chi connectivity index (χ0n) is 17.7. The van der Waals surface area contributed by atoms with E-state index in [1.807, 2.05) is 43.3 Å². The number of benzene rings is 2. The van der Waals surface area contributed by atoms with Gasteiger partial charge in [-0.05, 0) is 55.5 Å². The normalized spacial score (nSPS) is 14.3. The quantitative estimate of drug-likeness (QED) is 0.511. The summed E-state index contributed by atoms with van der Waals surface area (Å²) in [7, 11) is -3.84. The summed E-state index contributed by atoms with van der Waals surface area (Å²) < 4.78 is 27.6. The summed E-state index contributed by atoms with van der Waals surface area (Å²) in [6, 6.07) is 15.0. The van der Waals surface area contributed by atoms with Crippen molar-refractivity contribution in [3.8, 4) is 0 Å². The lowest BCUT2D eigenvalue weighted by atomic mass is 10.1. The molecule has 2 heterocycles. The number of aromatic nitrogens is 2. The van der Waals surface area contributed by atoms with Crippen molar-refractivity contribution >= 4 is 38.1 Å². The van der Waals surface area contributed by atoms with E-state index in [1.54, 1.807) is 12.1 Å². The first-order valence-electron chi connectivity index (χ1n) is 10.5. The number of carbonyl (C=O) groups excluding carboxylic acids is 1. The molecule has 2 aromatic carbocycles. The number of amides is 1. The van der Waals surface area contributed by atoms with Crippen molar-refractivity contribution in [1.82, 2.24) is 14.9 Å². The van der Waals surface area contributed by atoms with Gasteiger partial charge in [0.05, 0.1) is 0 Å². The molecule has 0 atom stereocenters. The first kappa shape index (κ1) is 22.4. The summed E-state index contributed by atoms with van der Waals surface area (Å²) in [4.78, 5) is 14.8. The average Bonchev–Trinajstić information content (AvgIpc) is 3.28. The summed E-state index contributed by atoms with van der Waals surface area (Å²) in [6.45, 7) is 4.10. The molecule has 0 radical (unpaired) electrons. The second-order valence-corrected chi connectivity index (χ2v) is 10.6. The van der Waals surface area contributed by atoms with Crippen molar-refractivity contribution in [1.29, 1.82) is 0 Å². The van der Waals surface area contributed by atoms with Gasteiger partial charge in [0.15, 0.2) is 0 Å². The van der Waals surface area contributed by atoms with Crippen molar-refractivity contribution in [3.05, 3.63) is 65.2 Å². The van der Waals surface area contributed by atoms with Crippen LogP contribution in [0.15, 0.2) is 52.9 Å². The van der Waals surface area contributed by atoms with Gasteiger partial charge in [-0.1, -0.05) is 41.7 Å². The van der Waals surface area contributed by atoms with Crippen LogP contribution in [0.3, 0.4) is 0 Å². The predicted molar refractivity (Wildman–Crippen MR) is 126 cm³/mol. The van der Waals surface area contributed by atoms with Gasteiger partial charge in [0.2, 0.25) is 9.47 Å². The highest BCUT2D eigenvalue weighted by Gasteiger charge is 2.21. The Bertz CT molecular complexity index is 1190. The molecule has 0 spiro atoms. The Kier molecular flexibility index (Phi) is 6.83. The molecule has 1 aromatic heterocycles. The van der Waals surface area contributed by atoms with E-state index in [-0.39, 0.29) is 21.9 Å². The second-order valence-electron chi connectivity index (χ2n) is 7.68.